The Kier molecular flexibility index (Phi) is 8.52. The van der Waals surface area contributed by atoms with Crippen molar-refractivity contribution in [2.75, 3.05) is 44.6 Å². The Morgan fingerprint density at radius 1 is 1.15 bits per heavy atom. The lowest BCUT2D eigenvalue weighted by Crippen LogP contribution is -2.45. The summed E-state index contributed by atoms with van der Waals surface area (Å²) >= 11 is 13.0. The first kappa shape index (κ1) is 28.5. The van der Waals surface area contributed by atoms with Gasteiger partial charge in [0.2, 0.25) is 11.9 Å². The van der Waals surface area contributed by atoms with Crippen LogP contribution in [0.15, 0.2) is 31.0 Å². The third-order valence-electron chi connectivity index (χ3n) is 5.76. The number of nitrogens with zero attached hydrogens (tertiary/aromatic N) is 3. The molecule has 1 fully saturated rings. The number of hydrogen-bond donors (Lipinski definition) is 3. The number of amides is 1. The summed E-state index contributed by atoms with van der Waals surface area (Å²) in [7, 11) is 2.79. The highest BCUT2D eigenvalue weighted by Gasteiger charge is 2.31. The van der Waals surface area contributed by atoms with Crippen LogP contribution in [0.1, 0.15) is 0 Å². The van der Waals surface area contributed by atoms with Gasteiger partial charge >= 0.3 is 6.18 Å². The first-order valence-corrected chi connectivity index (χ1v) is 12.2. The van der Waals surface area contributed by atoms with E-state index < -0.39 is 24.8 Å². The fourth-order valence-electron chi connectivity index (χ4n) is 3.90. The standard InChI is InChI=1S/C24H23Cl2F3N6O4/c1-4-17(36)32-13-8-39-9-14(13)34-23-30-7-11-5-12(33-22(21(11)35-23)31-10-24(27,28)29)18-19(25)15(37-2)6-16(38-3)20(18)26/h4-7,13-14H,1,8-10H2,2-3H3,(H,31,33)(H,32,36)(H,30,34,35)/t13-,14+/m0/s1. The van der Waals surface area contributed by atoms with Crippen molar-refractivity contribution in [3.8, 4) is 22.8 Å². The highest BCUT2D eigenvalue weighted by Crippen LogP contribution is 2.46. The number of fused-ring (bicyclic) bond motifs is 1. The van der Waals surface area contributed by atoms with Crippen LogP contribution in [0.3, 0.4) is 0 Å². The van der Waals surface area contributed by atoms with Crippen LogP contribution in [0, 0.1) is 0 Å². The molecule has 4 rings (SSSR count). The molecular formula is C24H23Cl2F3N6O4. The number of carbonyl (C=O) groups is 1. The normalized spacial score (nSPS) is 17.1. The fraction of sp³-hybridized carbons (Fsp3) is 0.333. The van der Waals surface area contributed by atoms with Crippen molar-refractivity contribution in [3.05, 3.63) is 41.0 Å². The van der Waals surface area contributed by atoms with E-state index in [0.29, 0.717) is 5.39 Å². The smallest absolute Gasteiger partial charge is 0.405 e. The Hall–Kier alpha value is -3.55. The van der Waals surface area contributed by atoms with Gasteiger partial charge in [0, 0.05) is 23.2 Å². The van der Waals surface area contributed by atoms with E-state index in [2.05, 4.69) is 37.5 Å². The van der Waals surface area contributed by atoms with Crippen LogP contribution in [0.5, 0.6) is 11.5 Å². The maximum atomic E-state index is 13.2. The van der Waals surface area contributed by atoms with Gasteiger partial charge in [-0.1, -0.05) is 29.8 Å². The zero-order chi connectivity index (χ0) is 28.3. The predicted octanol–water partition coefficient (Wildman–Crippen LogP) is 4.47. The first-order chi connectivity index (χ1) is 18.5. The highest BCUT2D eigenvalue weighted by molar-refractivity contribution is 6.41. The molecule has 3 N–H and O–H groups in total. The molecule has 1 amide bonds. The van der Waals surface area contributed by atoms with Crippen molar-refractivity contribution in [1.82, 2.24) is 20.3 Å². The van der Waals surface area contributed by atoms with Crippen LogP contribution >= 0.6 is 23.2 Å². The van der Waals surface area contributed by atoms with Gasteiger partial charge in [0.1, 0.15) is 23.6 Å². The van der Waals surface area contributed by atoms with Gasteiger partial charge in [-0.2, -0.15) is 13.2 Å². The number of benzene rings is 1. The second-order valence-corrected chi connectivity index (χ2v) is 9.10. The SMILES string of the molecule is C=CC(=O)N[C@H]1COC[C@H]1Nc1ncc2cc(-c3c(Cl)c(OC)cc(OC)c3Cl)nc(NCC(F)(F)F)c2n1. The Labute approximate surface area is 230 Å². The number of halogens is 5. The van der Waals surface area contributed by atoms with Crippen molar-refractivity contribution >= 4 is 51.8 Å². The zero-order valence-corrected chi connectivity index (χ0v) is 22.2. The third kappa shape index (κ3) is 6.37. The highest BCUT2D eigenvalue weighted by atomic mass is 35.5. The van der Waals surface area contributed by atoms with Gasteiger partial charge in [-0.3, -0.25) is 4.79 Å². The first-order valence-electron chi connectivity index (χ1n) is 11.4. The lowest BCUT2D eigenvalue weighted by Gasteiger charge is -2.20. The number of alkyl halides is 3. The quantitative estimate of drug-likeness (QED) is 0.312. The molecule has 15 heteroatoms. The monoisotopic (exact) mass is 586 g/mol. The van der Waals surface area contributed by atoms with Gasteiger partial charge in [0.15, 0.2) is 5.82 Å². The van der Waals surface area contributed by atoms with Crippen molar-refractivity contribution in [2.45, 2.75) is 18.3 Å². The molecule has 0 unspecified atom stereocenters. The number of anilines is 2. The lowest BCUT2D eigenvalue weighted by molar-refractivity contribution is -0.117. The molecule has 0 radical (unpaired) electrons. The summed E-state index contributed by atoms with van der Waals surface area (Å²) in [6.07, 6.45) is -1.98. The van der Waals surface area contributed by atoms with Crippen LogP contribution in [-0.4, -0.2) is 73.1 Å². The summed E-state index contributed by atoms with van der Waals surface area (Å²) < 4.78 is 55.5. The van der Waals surface area contributed by atoms with E-state index in [4.69, 9.17) is 37.4 Å². The second-order valence-electron chi connectivity index (χ2n) is 8.35. The van der Waals surface area contributed by atoms with Crippen LogP contribution in [0.25, 0.3) is 22.2 Å². The molecule has 0 bridgehead atoms. The zero-order valence-electron chi connectivity index (χ0n) is 20.7. The topological polar surface area (TPSA) is 120 Å². The second kappa shape index (κ2) is 11.7. The van der Waals surface area contributed by atoms with Crippen LogP contribution < -0.4 is 25.4 Å². The Morgan fingerprint density at radius 3 is 2.44 bits per heavy atom. The number of rotatable bonds is 9. The van der Waals surface area contributed by atoms with E-state index in [-0.39, 0.29) is 69.2 Å². The van der Waals surface area contributed by atoms with Crippen LogP contribution in [0.4, 0.5) is 24.9 Å². The predicted molar refractivity (Wildman–Crippen MR) is 141 cm³/mol. The average molecular weight is 587 g/mol. The molecule has 1 saturated heterocycles. The number of pyridine rings is 1. The summed E-state index contributed by atoms with van der Waals surface area (Å²) in [5, 5.41) is 8.63. The van der Waals surface area contributed by atoms with E-state index in [0.717, 1.165) is 6.08 Å². The molecule has 39 heavy (non-hydrogen) atoms. The van der Waals surface area contributed by atoms with Crippen molar-refractivity contribution in [1.29, 1.82) is 0 Å². The van der Waals surface area contributed by atoms with Gasteiger partial charge in [-0.25, -0.2) is 15.0 Å². The molecule has 10 nitrogen and oxygen atoms in total. The number of ether oxygens (including phenoxy) is 3. The van der Waals surface area contributed by atoms with Crippen LogP contribution in [-0.2, 0) is 9.53 Å². The Balaban J connectivity index is 1.78. The molecule has 0 saturated carbocycles. The molecule has 1 aliphatic heterocycles. The molecule has 3 heterocycles. The maximum Gasteiger partial charge on any atom is 0.405 e. The van der Waals surface area contributed by atoms with Crippen molar-refractivity contribution in [3.63, 3.8) is 0 Å². The number of nitrogens with one attached hydrogen (secondary N) is 3. The summed E-state index contributed by atoms with van der Waals surface area (Å²) in [4.78, 5) is 24.8. The van der Waals surface area contributed by atoms with E-state index in [1.54, 1.807) is 0 Å². The van der Waals surface area contributed by atoms with E-state index in [1.165, 1.54) is 32.5 Å². The van der Waals surface area contributed by atoms with Gasteiger partial charge in [-0.15, -0.1) is 0 Å². The number of carbonyl (C=O) groups excluding carboxylic acids is 1. The minimum Gasteiger partial charge on any atom is -0.495 e. The van der Waals surface area contributed by atoms with E-state index >= 15 is 0 Å². The van der Waals surface area contributed by atoms with E-state index in [1.807, 2.05) is 0 Å². The van der Waals surface area contributed by atoms with Gasteiger partial charge in [0.05, 0.1) is 55.3 Å². The fourth-order valence-corrected chi connectivity index (χ4v) is 4.60. The molecule has 2 atom stereocenters. The largest absolute Gasteiger partial charge is 0.495 e. The Morgan fingerprint density at radius 2 is 1.82 bits per heavy atom. The third-order valence-corrected chi connectivity index (χ3v) is 6.51. The van der Waals surface area contributed by atoms with Gasteiger partial charge in [-0.05, 0) is 12.1 Å². The van der Waals surface area contributed by atoms with Crippen molar-refractivity contribution < 1.29 is 32.2 Å². The molecule has 0 aliphatic carbocycles. The molecule has 2 aromatic heterocycles. The summed E-state index contributed by atoms with van der Waals surface area (Å²) in [5.41, 5.74) is 0.436. The van der Waals surface area contributed by atoms with E-state index in [9.17, 15) is 18.0 Å². The number of hydrogen-bond acceptors (Lipinski definition) is 9. The number of methoxy groups -OCH3 is 2. The summed E-state index contributed by atoms with van der Waals surface area (Å²) in [6.45, 7) is 2.55. The molecule has 3 aromatic rings. The molecule has 1 aromatic carbocycles. The van der Waals surface area contributed by atoms with Crippen molar-refractivity contribution in [2.24, 2.45) is 0 Å². The molecule has 0 spiro atoms. The molecular weight excluding hydrogens is 564 g/mol. The average Bonchev–Trinajstić information content (AvgIpc) is 3.33. The minimum absolute atomic E-state index is 0.0879. The maximum absolute atomic E-state index is 13.2. The van der Waals surface area contributed by atoms with Gasteiger partial charge in [0.25, 0.3) is 0 Å². The lowest BCUT2D eigenvalue weighted by atomic mass is 10.1. The molecule has 208 valence electrons. The minimum atomic E-state index is -4.54. The summed E-state index contributed by atoms with van der Waals surface area (Å²) in [5.74, 6) is -0.00358. The van der Waals surface area contributed by atoms with Crippen LogP contribution in [0.2, 0.25) is 10.0 Å². The van der Waals surface area contributed by atoms with Gasteiger partial charge < -0.3 is 30.2 Å². The summed E-state index contributed by atoms with van der Waals surface area (Å²) in [6, 6.07) is 2.23. The number of aromatic nitrogens is 3. The Bertz CT molecular complexity index is 1380. The molecule has 1 aliphatic rings.